The molecule has 2 heterocycles. The molecule has 5 rings (SSSR count). The average Bonchev–Trinajstić information content (AvgIpc) is 2.83. The fourth-order valence-corrected chi connectivity index (χ4v) is 3.91. The Morgan fingerprint density at radius 3 is 2.64 bits per heavy atom. The Labute approximate surface area is 132 Å². The molecular weight excluding hydrogens is 294 g/mol. The monoisotopic (exact) mass is 305 g/mol. The molecule has 0 atom stereocenters. The molecule has 0 saturated heterocycles. The van der Waals surface area contributed by atoms with Gasteiger partial charge in [0.2, 0.25) is 0 Å². The van der Waals surface area contributed by atoms with Gasteiger partial charge < -0.3 is 9.67 Å². The lowest BCUT2D eigenvalue weighted by molar-refractivity contribution is 0.478. The van der Waals surface area contributed by atoms with E-state index in [1.807, 2.05) is 24.3 Å². The molecule has 1 aliphatic heterocycles. The largest absolute Gasteiger partial charge is 0.506 e. The maximum Gasteiger partial charge on any atom is 0.139 e. The van der Waals surface area contributed by atoms with Gasteiger partial charge in [-0.1, -0.05) is 48.0 Å². The molecule has 0 aliphatic carbocycles. The Morgan fingerprint density at radius 2 is 1.73 bits per heavy atom. The zero-order valence-corrected chi connectivity index (χ0v) is 12.4. The van der Waals surface area contributed by atoms with Crippen molar-refractivity contribution < 1.29 is 5.11 Å². The molecule has 0 saturated carbocycles. The van der Waals surface area contributed by atoms with Crippen molar-refractivity contribution in [3.63, 3.8) is 0 Å². The van der Waals surface area contributed by atoms with Crippen molar-refractivity contribution in [2.24, 2.45) is 0 Å². The first-order valence-corrected chi connectivity index (χ1v) is 7.63. The highest BCUT2D eigenvalue weighted by Gasteiger charge is 2.23. The summed E-state index contributed by atoms with van der Waals surface area (Å²) in [6, 6.07) is 18.1. The van der Waals surface area contributed by atoms with Crippen LogP contribution in [-0.2, 0) is 6.54 Å². The molecule has 0 amide bonds. The second-order valence-electron chi connectivity index (χ2n) is 5.77. The number of fused-ring (bicyclic) bond motifs is 5. The van der Waals surface area contributed by atoms with Gasteiger partial charge in [-0.15, -0.1) is 0 Å². The van der Waals surface area contributed by atoms with E-state index in [9.17, 15) is 5.11 Å². The van der Waals surface area contributed by atoms with Gasteiger partial charge >= 0.3 is 0 Å². The molecule has 0 radical (unpaired) electrons. The quantitative estimate of drug-likeness (QED) is 0.419. The van der Waals surface area contributed by atoms with E-state index in [2.05, 4.69) is 28.8 Å². The van der Waals surface area contributed by atoms with E-state index in [1.54, 1.807) is 6.07 Å². The molecule has 1 N–H and O–H groups in total. The topological polar surface area (TPSA) is 25.2 Å². The Bertz CT molecular complexity index is 1080. The average molecular weight is 306 g/mol. The van der Waals surface area contributed by atoms with Crippen molar-refractivity contribution in [2.75, 3.05) is 0 Å². The molecular formula is C19H12ClNO. The van der Waals surface area contributed by atoms with Crippen LogP contribution < -0.4 is 0 Å². The van der Waals surface area contributed by atoms with E-state index in [0.29, 0.717) is 5.75 Å². The Hall–Kier alpha value is -2.45. The number of hydrogen-bond acceptors (Lipinski definition) is 1. The molecule has 1 aliphatic rings. The molecule has 4 aromatic rings. The Kier molecular flexibility index (Phi) is 2.23. The SMILES string of the molecule is Oc1cccc2c3cc(Cl)cc4c3n(c12)Cc1ccccc1-4. The van der Waals surface area contributed by atoms with Gasteiger partial charge in [0.25, 0.3) is 0 Å². The number of nitrogens with zero attached hydrogens (tertiary/aromatic N) is 1. The van der Waals surface area contributed by atoms with E-state index in [-0.39, 0.29) is 0 Å². The number of benzene rings is 3. The van der Waals surface area contributed by atoms with Gasteiger partial charge in [0, 0.05) is 27.9 Å². The number of phenols is 1. The van der Waals surface area contributed by atoms with Crippen molar-refractivity contribution >= 4 is 33.4 Å². The van der Waals surface area contributed by atoms with Crippen LogP contribution in [0.3, 0.4) is 0 Å². The molecule has 3 heteroatoms. The van der Waals surface area contributed by atoms with Gasteiger partial charge in [0.05, 0.1) is 11.0 Å². The molecule has 1 aromatic heterocycles. The van der Waals surface area contributed by atoms with Gasteiger partial charge in [-0.3, -0.25) is 0 Å². The van der Waals surface area contributed by atoms with E-state index in [0.717, 1.165) is 38.9 Å². The Balaban J connectivity index is 2.09. The van der Waals surface area contributed by atoms with E-state index in [1.165, 1.54) is 11.1 Å². The smallest absolute Gasteiger partial charge is 0.139 e. The van der Waals surface area contributed by atoms with Crippen molar-refractivity contribution in [2.45, 2.75) is 6.54 Å². The van der Waals surface area contributed by atoms with Gasteiger partial charge in [0.15, 0.2) is 0 Å². The maximum absolute atomic E-state index is 10.4. The van der Waals surface area contributed by atoms with Gasteiger partial charge in [-0.25, -0.2) is 0 Å². The summed E-state index contributed by atoms with van der Waals surface area (Å²) in [5.41, 5.74) is 5.65. The van der Waals surface area contributed by atoms with Crippen LogP contribution in [0.4, 0.5) is 0 Å². The summed E-state index contributed by atoms with van der Waals surface area (Å²) >= 11 is 6.37. The fourth-order valence-electron chi connectivity index (χ4n) is 3.69. The Morgan fingerprint density at radius 1 is 0.864 bits per heavy atom. The van der Waals surface area contributed by atoms with E-state index in [4.69, 9.17) is 11.6 Å². The van der Waals surface area contributed by atoms with Gasteiger partial charge in [0.1, 0.15) is 5.75 Å². The normalized spacial score (nSPS) is 12.8. The van der Waals surface area contributed by atoms with Crippen LogP contribution in [-0.4, -0.2) is 9.67 Å². The summed E-state index contributed by atoms with van der Waals surface area (Å²) in [5, 5.41) is 13.2. The molecule has 0 unspecified atom stereocenters. The lowest BCUT2D eigenvalue weighted by atomic mass is 9.95. The number of hydrogen-bond donors (Lipinski definition) is 1. The summed E-state index contributed by atoms with van der Waals surface area (Å²) < 4.78 is 2.20. The van der Waals surface area contributed by atoms with E-state index >= 15 is 0 Å². The minimum absolute atomic E-state index is 0.315. The van der Waals surface area contributed by atoms with Crippen LogP contribution in [0, 0.1) is 0 Å². The van der Waals surface area contributed by atoms with Crippen LogP contribution in [0.15, 0.2) is 54.6 Å². The van der Waals surface area contributed by atoms with Crippen molar-refractivity contribution in [3.05, 3.63) is 65.2 Å². The summed E-state index contributed by atoms with van der Waals surface area (Å²) in [4.78, 5) is 0. The minimum Gasteiger partial charge on any atom is -0.506 e. The number of phenolic OH excluding ortho intramolecular Hbond substituents is 1. The van der Waals surface area contributed by atoms with Crippen molar-refractivity contribution in [1.82, 2.24) is 4.57 Å². The zero-order chi connectivity index (χ0) is 14.8. The zero-order valence-electron chi connectivity index (χ0n) is 11.7. The highest BCUT2D eigenvalue weighted by Crippen LogP contribution is 2.44. The number of halogens is 1. The number of aromatic nitrogens is 1. The molecule has 22 heavy (non-hydrogen) atoms. The van der Waals surface area contributed by atoms with Crippen LogP contribution in [0.1, 0.15) is 5.56 Å². The van der Waals surface area contributed by atoms with Gasteiger partial charge in [-0.2, -0.15) is 0 Å². The second-order valence-corrected chi connectivity index (χ2v) is 6.20. The third-order valence-corrected chi connectivity index (χ3v) is 4.77. The first-order chi connectivity index (χ1) is 10.7. The van der Waals surface area contributed by atoms with Crippen molar-refractivity contribution in [1.29, 1.82) is 0 Å². The van der Waals surface area contributed by atoms with Crippen LogP contribution in [0.2, 0.25) is 5.02 Å². The van der Waals surface area contributed by atoms with Gasteiger partial charge in [-0.05, 0) is 29.3 Å². The molecule has 106 valence electrons. The van der Waals surface area contributed by atoms with Crippen LogP contribution in [0.25, 0.3) is 32.9 Å². The summed E-state index contributed by atoms with van der Waals surface area (Å²) in [6.07, 6.45) is 0. The predicted octanol–water partition coefficient (Wildman–Crippen LogP) is 5.18. The standard InChI is InChI=1S/C19H12ClNO/c20-12-8-15-13-5-2-1-4-11(13)10-21-18(15)16(9-12)14-6-3-7-17(22)19(14)21/h1-9,22H,10H2. The fraction of sp³-hybridized carbons (Fsp3) is 0.0526. The molecule has 0 fully saturated rings. The third kappa shape index (κ3) is 1.40. The predicted molar refractivity (Wildman–Crippen MR) is 90.7 cm³/mol. The molecule has 2 nitrogen and oxygen atoms in total. The number of rotatable bonds is 0. The lowest BCUT2D eigenvalue weighted by Gasteiger charge is -2.20. The van der Waals surface area contributed by atoms with Crippen LogP contribution in [0.5, 0.6) is 5.75 Å². The lowest BCUT2D eigenvalue weighted by Crippen LogP contribution is -2.07. The minimum atomic E-state index is 0.315. The summed E-state index contributed by atoms with van der Waals surface area (Å²) in [6.45, 7) is 0.766. The van der Waals surface area contributed by atoms with E-state index < -0.39 is 0 Å². The first-order valence-electron chi connectivity index (χ1n) is 7.26. The highest BCUT2D eigenvalue weighted by molar-refractivity contribution is 6.33. The number of aromatic hydroxyl groups is 1. The first kappa shape index (κ1) is 12.1. The third-order valence-electron chi connectivity index (χ3n) is 4.56. The number of para-hydroxylation sites is 1. The molecule has 0 spiro atoms. The molecule has 3 aromatic carbocycles. The highest BCUT2D eigenvalue weighted by atomic mass is 35.5. The molecule has 0 bridgehead atoms. The van der Waals surface area contributed by atoms with Crippen molar-refractivity contribution in [3.8, 4) is 16.9 Å². The van der Waals surface area contributed by atoms with Crippen LogP contribution >= 0.6 is 11.6 Å². The summed E-state index contributed by atoms with van der Waals surface area (Å²) in [7, 11) is 0. The second kappa shape index (κ2) is 4.05. The summed E-state index contributed by atoms with van der Waals surface area (Å²) in [5.74, 6) is 0.315. The maximum atomic E-state index is 10.4.